The molecule has 0 amide bonds. The zero-order valence-electron chi connectivity index (χ0n) is 6.28. The van der Waals surface area contributed by atoms with Crippen molar-refractivity contribution in [2.75, 3.05) is 6.26 Å². The smallest absolute Gasteiger partial charge is 0.258 e. The maximum atomic E-state index is 10.6. The Bertz CT molecular complexity index is 316. The van der Waals surface area contributed by atoms with Gasteiger partial charge in [0.25, 0.3) is 5.69 Å². The predicted octanol–water partition coefficient (Wildman–Crippen LogP) is 2.92. The van der Waals surface area contributed by atoms with Gasteiger partial charge in [0.1, 0.15) is 0 Å². The van der Waals surface area contributed by atoms with E-state index in [1.807, 2.05) is 34.9 Å². The van der Waals surface area contributed by atoms with Crippen LogP contribution in [0, 0.1) is 13.7 Å². The van der Waals surface area contributed by atoms with Crippen LogP contribution in [0.3, 0.4) is 0 Å². The second kappa shape index (κ2) is 4.08. The molecule has 0 atom stereocenters. The molecule has 0 aromatic heterocycles. The number of para-hydroxylation sites is 1. The summed E-state index contributed by atoms with van der Waals surface area (Å²) in [6.45, 7) is 0. The minimum atomic E-state index is -0.340. The topological polar surface area (TPSA) is 43.1 Å². The minimum absolute atomic E-state index is 0.214. The van der Waals surface area contributed by atoms with Crippen molar-refractivity contribution in [3.8, 4) is 0 Å². The summed E-state index contributed by atoms with van der Waals surface area (Å²) in [5.41, 5.74) is 0.214. The Morgan fingerprint density at radius 1 is 1.58 bits per heavy atom. The molecule has 0 spiro atoms. The van der Waals surface area contributed by atoms with Crippen LogP contribution >= 0.6 is 34.4 Å². The lowest BCUT2D eigenvalue weighted by molar-refractivity contribution is -0.388. The van der Waals surface area contributed by atoms with Gasteiger partial charge in [0.15, 0.2) is 0 Å². The third-order valence-electron chi connectivity index (χ3n) is 1.35. The first-order valence-electron chi connectivity index (χ1n) is 3.13. The number of nitro benzene ring substituents is 1. The first kappa shape index (κ1) is 9.79. The lowest BCUT2D eigenvalue weighted by atomic mass is 10.3. The molecule has 64 valence electrons. The van der Waals surface area contributed by atoms with Gasteiger partial charge in [-0.25, -0.2) is 0 Å². The zero-order valence-corrected chi connectivity index (χ0v) is 9.26. The average molecular weight is 295 g/mol. The summed E-state index contributed by atoms with van der Waals surface area (Å²) >= 11 is 3.36. The van der Waals surface area contributed by atoms with Crippen LogP contribution in [-0.2, 0) is 0 Å². The Morgan fingerprint density at radius 3 is 2.67 bits per heavy atom. The van der Waals surface area contributed by atoms with Gasteiger partial charge in [-0.15, -0.1) is 11.8 Å². The third kappa shape index (κ3) is 1.89. The molecule has 12 heavy (non-hydrogen) atoms. The Kier molecular flexibility index (Phi) is 3.33. The van der Waals surface area contributed by atoms with Crippen molar-refractivity contribution in [1.29, 1.82) is 0 Å². The highest BCUT2D eigenvalue weighted by molar-refractivity contribution is 14.1. The molecule has 0 bridgehead atoms. The van der Waals surface area contributed by atoms with E-state index in [4.69, 9.17) is 0 Å². The summed E-state index contributed by atoms with van der Waals surface area (Å²) in [6.07, 6.45) is 1.83. The van der Waals surface area contributed by atoms with Crippen molar-refractivity contribution in [1.82, 2.24) is 0 Å². The maximum Gasteiger partial charge on any atom is 0.296 e. The predicted molar refractivity (Wildman–Crippen MR) is 57.6 cm³/mol. The van der Waals surface area contributed by atoms with E-state index < -0.39 is 0 Å². The molecule has 0 saturated carbocycles. The number of halogens is 1. The summed E-state index contributed by atoms with van der Waals surface area (Å²) < 4.78 is 0.685. The van der Waals surface area contributed by atoms with Gasteiger partial charge in [-0.05, 0) is 41.0 Å². The van der Waals surface area contributed by atoms with E-state index in [9.17, 15) is 10.1 Å². The van der Waals surface area contributed by atoms with Gasteiger partial charge in [-0.1, -0.05) is 6.07 Å². The van der Waals surface area contributed by atoms with Crippen LogP contribution in [0.25, 0.3) is 0 Å². The van der Waals surface area contributed by atoms with Crippen molar-refractivity contribution in [2.45, 2.75) is 4.90 Å². The lowest BCUT2D eigenvalue weighted by Crippen LogP contribution is -1.93. The maximum absolute atomic E-state index is 10.6. The van der Waals surface area contributed by atoms with E-state index in [0.717, 1.165) is 0 Å². The summed E-state index contributed by atoms with van der Waals surface area (Å²) in [5, 5.41) is 10.6. The van der Waals surface area contributed by atoms with Gasteiger partial charge in [0, 0.05) is 0 Å². The van der Waals surface area contributed by atoms with Crippen LogP contribution in [0.15, 0.2) is 23.1 Å². The monoisotopic (exact) mass is 295 g/mol. The van der Waals surface area contributed by atoms with E-state index in [0.29, 0.717) is 8.47 Å². The Balaban J connectivity index is 3.29. The van der Waals surface area contributed by atoms with Gasteiger partial charge in [-0.3, -0.25) is 10.1 Å². The standard InChI is InChI=1S/C7H6INO2S/c1-12-6-4-2-3-5(8)7(6)9(10)11/h2-4H,1H3. The number of nitrogens with zero attached hydrogens (tertiary/aromatic N) is 1. The SMILES string of the molecule is CSc1cccc(I)c1[N+](=O)[O-]. The van der Waals surface area contributed by atoms with Gasteiger partial charge in [0.2, 0.25) is 0 Å². The van der Waals surface area contributed by atoms with Crippen molar-refractivity contribution in [3.63, 3.8) is 0 Å². The van der Waals surface area contributed by atoms with E-state index in [1.54, 1.807) is 12.1 Å². The highest BCUT2D eigenvalue weighted by atomic mass is 127. The number of nitro groups is 1. The summed E-state index contributed by atoms with van der Waals surface area (Å²) in [5.74, 6) is 0. The highest BCUT2D eigenvalue weighted by Crippen LogP contribution is 2.31. The Labute approximate surface area is 87.8 Å². The normalized spacial score (nSPS) is 9.83. The molecule has 5 heteroatoms. The second-order valence-electron chi connectivity index (χ2n) is 2.05. The van der Waals surface area contributed by atoms with Crippen LogP contribution in [0.4, 0.5) is 5.69 Å². The molecule has 0 unspecified atom stereocenters. The zero-order chi connectivity index (χ0) is 9.14. The van der Waals surface area contributed by atoms with Gasteiger partial charge in [0.05, 0.1) is 13.4 Å². The molecule has 0 radical (unpaired) electrons. The number of benzene rings is 1. The van der Waals surface area contributed by atoms with E-state index >= 15 is 0 Å². The number of rotatable bonds is 2. The molecule has 0 saturated heterocycles. The molecule has 1 aromatic rings. The lowest BCUT2D eigenvalue weighted by Gasteiger charge is -1.99. The van der Waals surface area contributed by atoms with Gasteiger partial charge in [-0.2, -0.15) is 0 Å². The largest absolute Gasteiger partial charge is 0.296 e. The molecule has 0 aliphatic rings. The van der Waals surface area contributed by atoms with Gasteiger partial charge >= 0.3 is 0 Å². The molecular weight excluding hydrogens is 289 g/mol. The molecular formula is C7H6INO2S. The number of thioether (sulfide) groups is 1. The molecule has 0 fully saturated rings. The molecule has 0 aliphatic heterocycles. The molecule has 1 rings (SSSR count). The van der Waals surface area contributed by atoms with Crippen molar-refractivity contribution in [3.05, 3.63) is 31.9 Å². The van der Waals surface area contributed by atoms with Crippen molar-refractivity contribution in [2.24, 2.45) is 0 Å². The fraction of sp³-hybridized carbons (Fsp3) is 0.143. The highest BCUT2D eigenvalue weighted by Gasteiger charge is 2.16. The molecule has 0 aliphatic carbocycles. The first-order valence-corrected chi connectivity index (χ1v) is 5.44. The summed E-state index contributed by atoms with van der Waals surface area (Å²) in [4.78, 5) is 11.0. The van der Waals surface area contributed by atoms with Crippen LogP contribution in [-0.4, -0.2) is 11.2 Å². The summed E-state index contributed by atoms with van der Waals surface area (Å²) in [7, 11) is 0. The number of hydrogen-bond donors (Lipinski definition) is 0. The minimum Gasteiger partial charge on any atom is -0.258 e. The fourth-order valence-electron chi connectivity index (χ4n) is 0.837. The van der Waals surface area contributed by atoms with Crippen LogP contribution in [0.2, 0.25) is 0 Å². The van der Waals surface area contributed by atoms with E-state index in [2.05, 4.69) is 0 Å². The molecule has 1 aromatic carbocycles. The summed E-state index contributed by atoms with van der Waals surface area (Å²) in [6, 6.07) is 5.31. The van der Waals surface area contributed by atoms with Crippen LogP contribution < -0.4 is 0 Å². The van der Waals surface area contributed by atoms with Gasteiger partial charge < -0.3 is 0 Å². The molecule has 0 N–H and O–H groups in total. The Morgan fingerprint density at radius 2 is 2.25 bits per heavy atom. The quantitative estimate of drug-likeness (QED) is 0.365. The van der Waals surface area contributed by atoms with E-state index in [1.165, 1.54) is 11.8 Å². The second-order valence-corrected chi connectivity index (χ2v) is 4.06. The molecule has 0 heterocycles. The third-order valence-corrected chi connectivity index (χ3v) is 2.99. The Hall–Kier alpha value is -0.300. The van der Waals surface area contributed by atoms with E-state index in [-0.39, 0.29) is 10.6 Å². The number of hydrogen-bond acceptors (Lipinski definition) is 3. The van der Waals surface area contributed by atoms with Crippen molar-refractivity contribution >= 4 is 40.0 Å². The average Bonchev–Trinajstić information content (AvgIpc) is 2.03. The first-order chi connectivity index (χ1) is 5.66. The van der Waals surface area contributed by atoms with Crippen molar-refractivity contribution < 1.29 is 4.92 Å². The van der Waals surface area contributed by atoms with Crippen LogP contribution in [0.5, 0.6) is 0 Å². The fourth-order valence-corrected chi connectivity index (χ4v) is 2.31. The molecule has 3 nitrogen and oxygen atoms in total. The van der Waals surface area contributed by atoms with Crippen LogP contribution in [0.1, 0.15) is 0 Å².